The third-order valence-electron chi connectivity index (χ3n) is 11.2. The van der Waals surface area contributed by atoms with E-state index in [0.717, 1.165) is 34.0 Å². The fourth-order valence-corrected chi connectivity index (χ4v) is 8.75. The van der Waals surface area contributed by atoms with Crippen LogP contribution in [-0.4, -0.2) is 14.5 Å². The van der Waals surface area contributed by atoms with Crippen molar-refractivity contribution in [3.63, 3.8) is 0 Å². The summed E-state index contributed by atoms with van der Waals surface area (Å²) in [6, 6.07) is 50.6. The van der Waals surface area contributed by atoms with Gasteiger partial charge in [-0.15, -0.1) is 0 Å². The molecule has 3 heteroatoms. The number of aromatic nitrogens is 3. The van der Waals surface area contributed by atoms with Gasteiger partial charge in [-0.3, -0.25) is 0 Å². The summed E-state index contributed by atoms with van der Waals surface area (Å²) >= 11 is 0. The molecule has 0 bridgehead atoms. The normalized spacial score (nSPS) is 14.9. The maximum Gasteiger partial charge on any atom is 0.160 e. The highest BCUT2D eigenvalue weighted by molar-refractivity contribution is 6.11. The molecule has 10 rings (SSSR count). The number of hydrogen-bond acceptors (Lipinski definition) is 2. The Morgan fingerprint density at radius 1 is 0.449 bits per heavy atom. The summed E-state index contributed by atoms with van der Waals surface area (Å²) in [5, 5.41) is 2.55. The number of nitrogens with zero attached hydrogens (tertiary/aromatic N) is 3. The topological polar surface area (TPSA) is 30.7 Å². The van der Waals surface area contributed by atoms with Gasteiger partial charge in [0.25, 0.3) is 0 Å². The lowest BCUT2D eigenvalue weighted by atomic mass is 9.81. The molecule has 2 aliphatic carbocycles. The van der Waals surface area contributed by atoms with E-state index in [1.807, 2.05) is 0 Å². The monoisotopic (exact) mass is 629 g/mol. The van der Waals surface area contributed by atoms with Crippen LogP contribution in [0.4, 0.5) is 0 Å². The smallest absolute Gasteiger partial charge is 0.160 e. The fourth-order valence-electron chi connectivity index (χ4n) is 8.75. The van der Waals surface area contributed by atoms with Crippen LogP contribution < -0.4 is 0 Å². The molecule has 0 radical (unpaired) electrons. The van der Waals surface area contributed by atoms with Gasteiger partial charge in [0.15, 0.2) is 5.82 Å². The number of rotatable bonds is 3. The summed E-state index contributed by atoms with van der Waals surface area (Å²) in [5.41, 5.74) is 16.6. The molecule has 6 aromatic carbocycles. The molecule has 49 heavy (non-hydrogen) atoms. The number of hydrogen-bond donors (Lipinski definition) is 0. The van der Waals surface area contributed by atoms with E-state index in [1.54, 1.807) is 0 Å². The van der Waals surface area contributed by atoms with E-state index in [-0.39, 0.29) is 10.8 Å². The molecule has 2 aliphatic rings. The predicted octanol–water partition coefficient (Wildman–Crippen LogP) is 11.5. The average Bonchev–Trinajstić information content (AvgIpc) is 3.68. The predicted molar refractivity (Wildman–Crippen MR) is 202 cm³/mol. The van der Waals surface area contributed by atoms with E-state index in [9.17, 15) is 0 Å². The van der Waals surface area contributed by atoms with Crippen molar-refractivity contribution in [1.82, 2.24) is 14.5 Å². The summed E-state index contributed by atoms with van der Waals surface area (Å²) in [6.45, 7) is 9.29. The molecule has 0 fully saturated rings. The molecule has 2 aromatic heterocycles. The van der Waals surface area contributed by atoms with Crippen LogP contribution in [0.3, 0.4) is 0 Å². The van der Waals surface area contributed by atoms with Crippen molar-refractivity contribution in [2.75, 3.05) is 0 Å². The van der Waals surface area contributed by atoms with E-state index in [4.69, 9.17) is 9.97 Å². The molecule has 2 heterocycles. The molecule has 8 aromatic rings. The molecule has 0 saturated heterocycles. The quantitative estimate of drug-likeness (QED) is 0.195. The zero-order valence-electron chi connectivity index (χ0n) is 28.1. The number of para-hydroxylation sites is 1. The van der Waals surface area contributed by atoms with Gasteiger partial charge in [0.2, 0.25) is 0 Å². The van der Waals surface area contributed by atoms with E-state index in [2.05, 4.69) is 172 Å². The second kappa shape index (κ2) is 9.87. The molecule has 234 valence electrons. The van der Waals surface area contributed by atoms with E-state index >= 15 is 0 Å². The fraction of sp³-hybridized carbons (Fsp3) is 0.130. The third kappa shape index (κ3) is 3.84. The van der Waals surface area contributed by atoms with Crippen molar-refractivity contribution < 1.29 is 0 Å². The lowest BCUT2D eigenvalue weighted by Crippen LogP contribution is -2.17. The van der Waals surface area contributed by atoms with Crippen LogP contribution in [0.1, 0.15) is 49.9 Å². The van der Waals surface area contributed by atoms with Crippen LogP contribution in [0.2, 0.25) is 0 Å². The van der Waals surface area contributed by atoms with Gasteiger partial charge in [0.05, 0.1) is 22.4 Å². The molecule has 3 nitrogen and oxygen atoms in total. The first-order chi connectivity index (χ1) is 23.8. The Kier molecular flexibility index (Phi) is 5.69. The zero-order chi connectivity index (χ0) is 33.1. The number of benzene rings is 6. The Balaban J connectivity index is 1.15. The first-order valence-corrected chi connectivity index (χ1v) is 17.2. The highest BCUT2D eigenvalue weighted by Crippen LogP contribution is 2.52. The lowest BCUT2D eigenvalue weighted by molar-refractivity contribution is 0.658. The molecular formula is C46H35N3. The van der Waals surface area contributed by atoms with Gasteiger partial charge in [0.1, 0.15) is 0 Å². The summed E-state index contributed by atoms with van der Waals surface area (Å²) in [6.07, 6.45) is 0. The lowest BCUT2D eigenvalue weighted by Gasteiger charge is -2.23. The average molecular weight is 630 g/mol. The van der Waals surface area contributed by atoms with Crippen LogP contribution in [-0.2, 0) is 10.8 Å². The molecule has 0 unspecified atom stereocenters. The van der Waals surface area contributed by atoms with Crippen molar-refractivity contribution in [2.24, 2.45) is 0 Å². The minimum Gasteiger partial charge on any atom is -0.309 e. The second-order valence-electron chi connectivity index (χ2n) is 14.6. The van der Waals surface area contributed by atoms with Crippen molar-refractivity contribution in [1.29, 1.82) is 0 Å². The Bertz CT molecular complexity index is 2640. The van der Waals surface area contributed by atoms with Gasteiger partial charge in [-0.2, -0.15) is 0 Å². The molecule has 0 amide bonds. The van der Waals surface area contributed by atoms with E-state index < -0.39 is 0 Å². The van der Waals surface area contributed by atoms with Gasteiger partial charge in [-0.25, -0.2) is 9.97 Å². The van der Waals surface area contributed by atoms with Crippen LogP contribution >= 0.6 is 0 Å². The van der Waals surface area contributed by atoms with Crippen LogP contribution in [0, 0.1) is 0 Å². The summed E-state index contributed by atoms with van der Waals surface area (Å²) < 4.78 is 2.42. The standard InChI is InChI=1S/C46H35N3/c1-45(2)36-19-11-8-16-31(36)34-26-35-32-17-10-13-21-39(32)49(40(35)27-38(34)45)30-24-22-29(23-25-30)44-47-42(28-14-6-5-7-15-28)41-43(48-44)33-18-9-12-20-37(33)46(41,3)4/h5-27H,1-4H3. The van der Waals surface area contributed by atoms with Gasteiger partial charge in [0, 0.05) is 49.5 Å². The summed E-state index contributed by atoms with van der Waals surface area (Å²) in [5.74, 6) is 0.746. The molecule has 0 spiro atoms. The van der Waals surface area contributed by atoms with Crippen molar-refractivity contribution in [3.8, 4) is 50.7 Å². The Hall–Kier alpha value is -5.80. The van der Waals surface area contributed by atoms with Gasteiger partial charge in [-0.1, -0.05) is 125 Å². The molecule has 0 N–H and O–H groups in total. The van der Waals surface area contributed by atoms with Crippen LogP contribution in [0.15, 0.2) is 140 Å². The molecular weight excluding hydrogens is 595 g/mol. The maximum absolute atomic E-state index is 5.31. The first-order valence-electron chi connectivity index (χ1n) is 17.2. The van der Waals surface area contributed by atoms with Crippen molar-refractivity contribution in [3.05, 3.63) is 162 Å². The Morgan fingerprint density at radius 3 is 1.86 bits per heavy atom. The van der Waals surface area contributed by atoms with Gasteiger partial charge < -0.3 is 4.57 Å². The first kappa shape index (κ1) is 28.2. The molecule has 0 saturated carbocycles. The van der Waals surface area contributed by atoms with Crippen molar-refractivity contribution >= 4 is 21.8 Å². The molecule has 0 aliphatic heterocycles. The van der Waals surface area contributed by atoms with E-state index in [0.29, 0.717) is 0 Å². The highest BCUT2D eigenvalue weighted by atomic mass is 15.0. The van der Waals surface area contributed by atoms with Gasteiger partial charge in [-0.05, 0) is 70.3 Å². The summed E-state index contributed by atoms with van der Waals surface area (Å²) in [7, 11) is 0. The third-order valence-corrected chi connectivity index (χ3v) is 11.2. The second-order valence-corrected chi connectivity index (χ2v) is 14.6. The van der Waals surface area contributed by atoms with Crippen LogP contribution in [0.25, 0.3) is 72.5 Å². The van der Waals surface area contributed by atoms with E-state index in [1.165, 1.54) is 60.8 Å². The largest absolute Gasteiger partial charge is 0.309 e. The highest BCUT2D eigenvalue weighted by Gasteiger charge is 2.40. The minimum absolute atomic E-state index is 0.0696. The SMILES string of the molecule is CC1(C)c2ccccc2-c2cc3c4ccccc4n(-c4ccc(-c5nc(-c6ccccc6)c6c(n5)-c5ccccc5C6(C)C)cc4)c3cc21. The van der Waals surface area contributed by atoms with Crippen molar-refractivity contribution in [2.45, 2.75) is 38.5 Å². The maximum atomic E-state index is 5.31. The van der Waals surface area contributed by atoms with Crippen LogP contribution in [0.5, 0.6) is 0 Å². The summed E-state index contributed by atoms with van der Waals surface area (Å²) in [4.78, 5) is 10.6. The minimum atomic E-state index is -0.202. The number of fused-ring (bicyclic) bond motifs is 9. The van der Waals surface area contributed by atoms with Gasteiger partial charge >= 0.3 is 0 Å². The zero-order valence-corrected chi connectivity index (χ0v) is 28.1. The Labute approximate surface area is 286 Å². The Morgan fingerprint density at radius 2 is 1.08 bits per heavy atom. The molecule has 0 atom stereocenters.